The Morgan fingerprint density at radius 3 is 2.44 bits per heavy atom. The minimum absolute atomic E-state index is 0.0253. The van der Waals surface area contributed by atoms with E-state index in [4.69, 9.17) is 10.3 Å². The number of carbonyl (C=O) groups is 2. The average Bonchev–Trinajstić information content (AvgIpc) is 3.09. The highest BCUT2D eigenvalue weighted by molar-refractivity contribution is 8.00. The highest BCUT2D eigenvalue weighted by Gasteiger charge is 2.31. The summed E-state index contributed by atoms with van der Waals surface area (Å²) in [6.07, 6.45) is 0. The molecule has 0 aliphatic heterocycles. The average molecular weight is 450 g/mol. The van der Waals surface area contributed by atoms with Crippen LogP contribution in [0.1, 0.15) is 28.4 Å². The number of aromatic amines is 1. The number of rotatable bonds is 6. The van der Waals surface area contributed by atoms with E-state index in [2.05, 4.69) is 15.6 Å². The number of nitrogens with two attached hydrogens (primary N) is 1. The molecule has 0 unspecified atom stereocenters. The molecule has 160 valence electrons. The number of H-pyrrole nitrogens is 1. The van der Waals surface area contributed by atoms with Crippen LogP contribution in [0, 0.1) is 22.7 Å². The molecule has 11 nitrogen and oxygen atoms in total. The molecule has 2 heterocycles. The van der Waals surface area contributed by atoms with E-state index in [1.54, 1.807) is 24.3 Å². The van der Waals surface area contributed by atoms with Crippen LogP contribution >= 0.6 is 11.8 Å². The van der Waals surface area contributed by atoms with Crippen LogP contribution in [0.25, 0.3) is 11.3 Å². The van der Waals surface area contributed by atoms with E-state index in [0.29, 0.717) is 11.3 Å². The van der Waals surface area contributed by atoms with Crippen LogP contribution < -0.4 is 21.4 Å². The minimum Gasteiger partial charge on any atom is -0.383 e. The van der Waals surface area contributed by atoms with Crippen molar-refractivity contribution in [2.24, 2.45) is 7.05 Å². The Morgan fingerprint density at radius 1 is 1.25 bits per heavy atom. The van der Waals surface area contributed by atoms with E-state index >= 15 is 0 Å². The molecule has 2 aromatic heterocycles. The zero-order valence-electron chi connectivity index (χ0n) is 16.9. The summed E-state index contributed by atoms with van der Waals surface area (Å²) in [5.41, 5.74) is 5.77. The standard InChI is InChI=1S/C20H15N7O4S/c1-10(28)11-3-5-12(6-4-11)24-15(29)9-32-19-14(8-22)16(13(7-21)18(23)25-19)17-20(30)31-26-27(17)2/h3-6H,9H2,1-2H3,(H3-,23,24,25,26,28,29,30)/p+1. The highest BCUT2D eigenvalue weighted by Crippen LogP contribution is 2.33. The van der Waals surface area contributed by atoms with Gasteiger partial charge in [0.25, 0.3) is 0 Å². The highest BCUT2D eigenvalue weighted by atomic mass is 32.2. The van der Waals surface area contributed by atoms with Crippen molar-refractivity contribution in [1.82, 2.24) is 10.3 Å². The molecule has 32 heavy (non-hydrogen) atoms. The predicted octanol–water partition coefficient (Wildman–Crippen LogP) is 1.11. The molecular formula is C20H16N7O4S+. The Hall–Kier alpha value is -4.42. The van der Waals surface area contributed by atoms with E-state index < -0.39 is 11.5 Å². The van der Waals surface area contributed by atoms with Gasteiger partial charge in [-0.2, -0.15) is 10.5 Å². The van der Waals surface area contributed by atoms with Gasteiger partial charge in [-0.15, -0.1) is 0 Å². The number of nitriles is 2. The van der Waals surface area contributed by atoms with E-state index in [1.807, 2.05) is 12.1 Å². The number of carbonyl (C=O) groups excluding carboxylic acids is 2. The zero-order valence-corrected chi connectivity index (χ0v) is 17.7. The van der Waals surface area contributed by atoms with Crippen LogP contribution in [0.15, 0.2) is 38.6 Å². The van der Waals surface area contributed by atoms with Crippen LogP contribution in [0.2, 0.25) is 0 Å². The molecule has 0 aliphatic carbocycles. The first-order valence-electron chi connectivity index (χ1n) is 9.02. The molecule has 4 N–H and O–H groups in total. The lowest BCUT2D eigenvalue weighted by Crippen LogP contribution is -2.34. The van der Waals surface area contributed by atoms with E-state index in [0.717, 1.165) is 11.8 Å². The molecule has 0 bridgehead atoms. The normalized spacial score (nSPS) is 10.2. The molecule has 1 amide bonds. The van der Waals surface area contributed by atoms with Crippen molar-refractivity contribution >= 4 is 35.0 Å². The second-order valence-corrected chi connectivity index (χ2v) is 7.47. The monoisotopic (exact) mass is 450 g/mol. The van der Waals surface area contributed by atoms with Gasteiger partial charge in [-0.05, 0) is 36.5 Å². The van der Waals surface area contributed by atoms with Gasteiger partial charge in [0, 0.05) is 11.3 Å². The van der Waals surface area contributed by atoms with Crippen LogP contribution in [0.3, 0.4) is 0 Å². The Labute approximate surface area is 185 Å². The Bertz CT molecular complexity index is 1360. The van der Waals surface area contributed by atoms with E-state index in [1.165, 1.54) is 18.7 Å². The summed E-state index contributed by atoms with van der Waals surface area (Å²) < 4.78 is 5.94. The predicted molar refractivity (Wildman–Crippen MR) is 113 cm³/mol. The van der Waals surface area contributed by atoms with Gasteiger partial charge in [0.2, 0.25) is 5.91 Å². The van der Waals surface area contributed by atoms with Gasteiger partial charge in [0.05, 0.1) is 11.3 Å². The first-order chi connectivity index (χ1) is 15.3. The molecule has 1 aromatic carbocycles. The summed E-state index contributed by atoms with van der Waals surface area (Å²) >= 11 is 0.922. The number of hydrogen-bond donors (Lipinski definition) is 3. The molecule has 12 heteroatoms. The zero-order chi connectivity index (χ0) is 23.4. The molecular weight excluding hydrogens is 434 g/mol. The van der Waals surface area contributed by atoms with Crippen molar-refractivity contribution in [3.63, 3.8) is 0 Å². The number of aromatic nitrogens is 3. The van der Waals surface area contributed by atoms with Gasteiger partial charge in [-0.3, -0.25) is 14.1 Å². The number of aryl methyl sites for hydroxylation is 1. The number of pyridine rings is 1. The second kappa shape index (κ2) is 9.16. The van der Waals surface area contributed by atoms with Crippen LogP contribution in [-0.4, -0.2) is 27.7 Å². The van der Waals surface area contributed by atoms with Gasteiger partial charge in [-0.25, -0.2) is 9.78 Å². The third-order valence-corrected chi connectivity index (χ3v) is 5.35. The number of nitrogens with one attached hydrogen (secondary N) is 2. The number of benzene rings is 1. The molecule has 3 aromatic rings. The lowest BCUT2D eigenvalue weighted by atomic mass is 10.0. The van der Waals surface area contributed by atoms with Crippen LogP contribution in [0.5, 0.6) is 0 Å². The quantitative estimate of drug-likeness (QED) is 0.281. The smallest absolute Gasteiger partial charge is 0.383 e. The SMILES string of the molecule is CC(=O)c1ccc(NC(=O)CSc2nc(N)c(C#N)c(-c3c(=O)o[nH][n+]3C)c2C#N)cc1. The molecule has 0 saturated carbocycles. The number of ketones is 1. The van der Waals surface area contributed by atoms with E-state index in [9.17, 15) is 24.9 Å². The minimum atomic E-state index is -0.797. The summed E-state index contributed by atoms with van der Waals surface area (Å²) in [5, 5.41) is 24.3. The molecule has 0 spiro atoms. The number of amides is 1. The van der Waals surface area contributed by atoms with Gasteiger partial charge >= 0.3 is 11.3 Å². The van der Waals surface area contributed by atoms with Crippen molar-refractivity contribution in [2.75, 3.05) is 16.8 Å². The summed E-state index contributed by atoms with van der Waals surface area (Å²) in [4.78, 5) is 39.9. The fourth-order valence-electron chi connectivity index (χ4n) is 2.87. The number of thioether (sulfide) groups is 1. The van der Waals surface area contributed by atoms with Gasteiger partial charge < -0.3 is 11.1 Å². The molecule has 0 fully saturated rings. The van der Waals surface area contributed by atoms with Gasteiger partial charge in [0.1, 0.15) is 34.1 Å². The fourth-order valence-corrected chi connectivity index (χ4v) is 3.66. The summed E-state index contributed by atoms with van der Waals surface area (Å²) in [6.45, 7) is 1.44. The molecule has 0 atom stereocenters. The van der Waals surface area contributed by atoms with E-state index in [-0.39, 0.29) is 44.8 Å². The first-order valence-corrected chi connectivity index (χ1v) is 10.0. The maximum absolute atomic E-state index is 12.4. The lowest BCUT2D eigenvalue weighted by molar-refractivity contribution is -0.730. The van der Waals surface area contributed by atoms with Crippen LogP contribution in [0.4, 0.5) is 11.5 Å². The summed E-state index contributed by atoms with van der Waals surface area (Å²) in [7, 11) is 1.47. The number of hydrogen-bond acceptors (Lipinski definition) is 9. The number of nitrogen functional groups attached to an aromatic ring is 1. The maximum Gasteiger partial charge on any atom is 0.435 e. The Kier molecular flexibility index (Phi) is 6.37. The Balaban J connectivity index is 1.90. The largest absolute Gasteiger partial charge is 0.435 e. The van der Waals surface area contributed by atoms with Crippen molar-refractivity contribution in [3.05, 3.63) is 51.4 Å². The fraction of sp³-hybridized carbons (Fsp3) is 0.150. The van der Waals surface area contributed by atoms with Gasteiger partial charge in [0.15, 0.2) is 12.8 Å². The molecule has 0 radical (unpaired) electrons. The first kappa shape index (κ1) is 22.3. The molecule has 0 saturated heterocycles. The van der Waals surface area contributed by atoms with Crippen molar-refractivity contribution in [1.29, 1.82) is 10.5 Å². The summed E-state index contributed by atoms with van der Waals surface area (Å²) in [5.74, 6) is -0.806. The molecule has 0 aliphatic rings. The second-order valence-electron chi connectivity index (χ2n) is 6.51. The van der Waals surface area contributed by atoms with Crippen molar-refractivity contribution in [3.8, 4) is 23.4 Å². The summed E-state index contributed by atoms with van der Waals surface area (Å²) in [6, 6.07) is 10.2. The van der Waals surface area contributed by atoms with Crippen molar-refractivity contribution in [2.45, 2.75) is 11.9 Å². The number of anilines is 2. The van der Waals surface area contributed by atoms with Crippen LogP contribution in [-0.2, 0) is 11.8 Å². The number of Topliss-reactive ketones (excluding diaryl/α,β-unsaturated/α-hetero) is 1. The van der Waals surface area contributed by atoms with Crippen molar-refractivity contribution < 1.29 is 18.8 Å². The lowest BCUT2D eigenvalue weighted by Gasteiger charge is -2.10. The Morgan fingerprint density at radius 2 is 1.91 bits per heavy atom. The third kappa shape index (κ3) is 4.35. The number of nitrogens with zero attached hydrogens (tertiary/aromatic N) is 4. The third-order valence-electron chi connectivity index (χ3n) is 4.37. The topological polar surface area (TPSA) is 183 Å². The van der Waals surface area contributed by atoms with Gasteiger partial charge in [-0.1, -0.05) is 16.4 Å². The molecule has 3 rings (SSSR count). The maximum atomic E-state index is 12.4.